The number of hydrogen-bond donors (Lipinski definition) is 2. The van der Waals surface area contributed by atoms with Gasteiger partial charge in [0.2, 0.25) is 11.8 Å². The second-order valence-corrected chi connectivity index (χ2v) is 10.6. The Bertz CT molecular complexity index is 1250. The zero-order valence-corrected chi connectivity index (χ0v) is 22.0. The van der Waals surface area contributed by atoms with Crippen LogP contribution >= 0.6 is 0 Å². The van der Waals surface area contributed by atoms with Crippen LogP contribution in [-0.4, -0.2) is 47.4 Å². The number of rotatable bonds is 7. The van der Waals surface area contributed by atoms with Crippen molar-refractivity contribution in [2.75, 3.05) is 13.6 Å². The van der Waals surface area contributed by atoms with Crippen LogP contribution in [0.25, 0.3) is 21.9 Å². The molecule has 37 heavy (non-hydrogen) atoms. The second kappa shape index (κ2) is 11.4. The largest absolute Gasteiger partial charge is 0.343 e. The summed E-state index contributed by atoms with van der Waals surface area (Å²) >= 11 is 0. The van der Waals surface area contributed by atoms with Gasteiger partial charge in [-0.1, -0.05) is 61.7 Å². The van der Waals surface area contributed by atoms with Gasteiger partial charge in [0.15, 0.2) is 0 Å². The molecule has 2 fully saturated rings. The predicted molar refractivity (Wildman–Crippen MR) is 148 cm³/mol. The summed E-state index contributed by atoms with van der Waals surface area (Å²) in [6.07, 6.45) is 11.1. The average molecular weight is 499 g/mol. The minimum absolute atomic E-state index is 0.0281. The number of benzene rings is 2. The number of carbonyl (C=O) groups excluding carboxylic acids is 2. The fraction of sp³-hybridized carbons (Fsp3) is 0.452. The third-order valence-corrected chi connectivity index (χ3v) is 8.29. The van der Waals surface area contributed by atoms with Gasteiger partial charge in [0.25, 0.3) is 0 Å². The van der Waals surface area contributed by atoms with Crippen LogP contribution in [0.3, 0.4) is 0 Å². The number of carbonyl (C=O) groups is 2. The Morgan fingerprint density at radius 2 is 1.76 bits per heavy atom. The highest BCUT2D eigenvalue weighted by molar-refractivity contribution is 5.96. The van der Waals surface area contributed by atoms with Crippen molar-refractivity contribution in [3.8, 4) is 11.1 Å². The molecule has 0 bridgehead atoms. The van der Waals surface area contributed by atoms with E-state index in [-0.39, 0.29) is 29.8 Å². The molecule has 0 spiro atoms. The number of likely N-dealkylation sites (N-methyl/N-ethyl adjacent to an activating group) is 1. The fourth-order valence-electron chi connectivity index (χ4n) is 6.08. The Kier molecular flexibility index (Phi) is 7.85. The third-order valence-electron chi connectivity index (χ3n) is 8.29. The first-order chi connectivity index (χ1) is 18.1. The highest BCUT2D eigenvalue weighted by Crippen LogP contribution is 2.37. The Labute approximate surface area is 219 Å². The van der Waals surface area contributed by atoms with E-state index < -0.39 is 6.04 Å². The summed E-state index contributed by atoms with van der Waals surface area (Å²) in [5.74, 6) is 0.138. The standard InChI is InChI=1S/C31H38N4O2/c1-21(32-2)30(36)34-29(23-11-4-3-5-12-23)31(37)35-17-9-16-28(35)25-18-24(19-33-20-25)27-15-8-13-22-10-6-7-14-26(22)27/h6-8,10,13-15,18-21,23,28-29,32H,3-5,9,11-12,16-17H2,1-2H3,(H,34,36). The molecule has 5 rings (SSSR count). The molecule has 1 aliphatic carbocycles. The van der Waals surface area contributed by atoms with Crippen LogP contribution in [0.5, 0.6) is 0 Å². The SMILES string of the molecule is CNC(C)C(=O)NC(C(=O)N1CCCC1c1cncc(-c2cccc3ccccc23)c1)C1CCCCC1. The van der Waals surface area contributed by atoms with Crippen LogP contribution in [0.4, 0.5) is 0 Å². The van der Waals surface area contributed by atoms with Crippen molar-refractivity contribution in [1.82, 2.24) is 20.5 Å². The maximum absolute atomic E-state index is 14.1. The topological polar surface area (TPSA) is 74.3 Å². The van der Waals surface area contributed by atoms with Gasteiger partial charge in [-0.2, -0.15) is 0 Å². The van der Waals surface area contributed by atoms with Gasteiger partial charge in [-0.05, 0) is 73.5 Å². The zero-order valence-electron chi connectivity index (χ0n) is 22.0. The molecule has 0 radical (unpaired) electrons. The number of likely N-dealkylation sites (tertiary alicyclic amines) is 1. The van der Waals surface area contributed by atoms with E-state index in [4.69, 9.17) is 0 Å². The molecule has 2 amide bonds. The van der Waals surface area contributed by atoms with E-state index in [9.17, 15) is 9.59 Å². The molecular formula is C31H38N4O2. The Hall–Kier alpha value is -3.25. The summed E-state index contributed by atoms with van der Waals surface area (Å²) in [4.78, 5) is 33.5. The Balaban J connectivity index is 1.43. The lowest BCUT2D eigenvalue weighted by molar-refractivity contribution is -0.139. The number of fused-ring (bicyclic) bond motifs is 1. The summed E-state index contributed by atoms with van der Waals surface area (Å²) in [6.45, 7) is 2.55. The molecule has 1 aromatic heterocycles. The molecule has 2 N–H and O–H groups in total. The fourth-order valence-corrected chi connectivity index (χ4v) is 6.08. The number of aromatic nitrogens is 1. The molecule has 2 aliphatic rings. The van der Waals surface area contributed by atoms with Crippen LogP contribution in [-0.2, 0) is 9.59 Å². The van der Waals surface area contributed by atoms with Crippen molar-refractivity contribution < 1.29 is 9.59 Å². The lowest BCUT2D eigenvalue weighted by Crippen LogP contribution is -2.55. The van der Waals surface area contributed by atoms with Crippen molar-refractivity contribution >= 4 is 22.6 Å². The molecule has 2 aromatic carbocycles. The number of amides is 2. The summed E-state index contributed by atoms with van der Waals surface area (Å²) < 4.78 is 0. The molecule has 6 heteroatoms. The highest BCUT2D eigenvalue weighted by atomic mass is 16.2. The molecule has 6 nitrogen and oxygen atoms in total. The van der Waals surface area contributed by atoms with Gasteiger partial charge in [-0.15, -0.1) is 0 Å². The van der Waals surface area contributed by atoms with Crippen LogP contribution in [0, 0.1) is 5.92 Å². The first kappa shape index (κ1) is 25.4. The first-order valence-corrected chi connectivity index (χ1v) is 13.8. The van der Waals surface area contributed by atoms with E-state index >= 15 is 0 Å². The van der Waals surface area contributed by atoms with Crippen LogP contribution in [0.1, 0.15) is 63.5 Å². The maximum Gasteiger partial charge on any atom is 0.245 e. The number of hydrogen-bond acceptors (Lipinski definition) is 4. The quantitative estimate of drug-likeness (QED) is 0.467. The first-order valence-electron chi connectivity index (χ1n) is 13.8. The lowest BCUT2D eigenvalue weighted by Gasteiger charge is -2.35. The minimum Gasteiger partial charge on any atom is -0.343 e. The van der Waals surface area contributed by atoms with E-state index in [1.54, 1.807) is 7.05 Å². The minimum atomic E-state index is -0.474. The third kappa shape index (κ3) is 5.40. The van der Waals surface area contributed by atoms with Gasteiger partial charge >= 0.3 is 0 Å². The van der Waals surface area contributed by atoms with Crippen LogP contribution < -0.4 is 10.6 Å². The molecule has 194 valence electrons. The predicted octanol–water partition coefficient (Wildman–Crippen LogP) is 5.24. The molecule has 3 aromatic rings. The normalized spacial score (nSPS) is 20.1. The highest BCUT2D eigenvalue weighted by Gasteiger charge is 2.39. The van der Waals surface area contributed by atoms with E-state index in [2.05, 4.69) is 64.1 Å². The van der Waals surface area contributed by atoms with Gasteiger partial charge in [-0.25, -0.2) is 0 Å². The van der Waals surface area contributed by atoms with Crippen LogP contribution in [0.15, 0.2) is 60.9 Å². The molecule has 3 unspecified atom stereocenters. The molecule has 2 heterocycles. The van der Waals surface area contributed by atoms with Crippen LogP contribution in [0.2, 0.25) is 0 Å². The van der Waals surface area contributed by atoms with E-state index in [1.165, 1.54) is 17.2 Å². The van der Waals surface area contributed by atoms with E-state index in [1.807, 2.05) is 24.2 Å². The lowest BCUT2D eigenvalue weighted by atomic mass is 9.83. The molecule has 1 aliphatic heterocycles. The molecule has 1 saturated carbocycles. The van der Waals surface area contributed by atoms with Gasteiger partial charge < -0.3 is 15.5 Å². The van der Waals surface area contributed by atoms with Crippen molar-refractivity contribution in [2.24, 2.45) is 5.92 Å². The zero-order chi connectivity index (χ0) is 25.8. The van der Waals surface area contributed by atoms with Gasteiger partial charge in [0, 0.05) is 24.5 Å². The van der Waals surface area contributed by atoms with Gasteiger partial charge in [0.05, 0.1) is 12.1 Å². The molecular weight excluding hydrogens is 460 g/mol. The summed E-state index contributed by atoms with van der Waals surface area (Å²) in [5.41, 5.74) is 3.28. The summed E-state index contributed by atoms with van der Waals surface area (Å²) in [5, 5.41) is 8.54. The average Bonchev–Trinajstić information content (AvgIpc) is 3.45. The molecule has 3 atom stereocenters. The smallest absolute Gasteiger partial charge is 0.245 e. The van der Waals surface area contributed by atoms with Crippen molar-refractivity contribution in [2.45, 2.75) is 70.0 Å². The van der Waals surface area contributed by atoms with Crippen molar-refractivity contribution in [3.63, 3.8) is 0 Å². The monoisotopic (exact) mass is 498 g/mol. The van der Waals surface area contributed by atoms with E-state index in [0.29, 0.717) is 6.54 Å². The molecule has 1 saturated heterocycles. The van der Waals surface area contributed by atoms with Gasteiger partial charge in [-0.3, -0.25) is 14.6 Å². The van der Waals surface area contributed by atoms with E-state index in [0.717, 1.165) is 55.2 Å². The number of nitrogens with one attached hydrogen (secondary N) is 2. The summed E-state index contributed by atoms with van der Waals surface area (Å²) in [6, 6.07) is 16.1. The number of pyridine rings is 1. The Morgan fingerprint density at radius 3 is 2.57 bits per heavy atom. The van der Waals surface area contributed by atoms with Crippen molar-refractivity contribution in [1.29, 1.82) is 0 Å². The second-order valence-electron chi connectivity index (χ2n) is 10.6. The Morgan fingerprint density at radius 1 is 0.973 bits per heavy atom. The maximum atomic E-state index is 14.1. The van der Waals surface area contributed by atoms with Gasteiger partial charge in [0.1, 0.15) is 6.04 Å². The summed E-state index contributed by atoms with van der Waals surface area (Å²) in [7, 11) is 1.77. The van der Waals surface area contributed by atoms with Crippen molar-refractivity contribution in [3.05, 3.63) is 66.5 Å². The number of nitrogens with zero attached hydrogens (tertiary/aromatic N) is 2.